The van der Waals surface area contributed by atoms with Gasteiger partial charge in [0.2, 0.25) is 0 Å². The maximum atomic E-state index is 12.7. The molecule has 0 spiro atoms. The number of fused-ring (bicyclic) bond motifs is 1. The van der Waals surface area contributed by atoms with Gasteiger partial charge in [-0.3, -0.25) is 4.79 Å². The molecule has 0 unspecified atom stereocenters. The van der Waals surface area contributed by atoms with Crippen LogP contribution < -0.4 is 10.2 Å². The summed E-state index contributed by atoms with van der Waals surface area (Å²) in [5, 5.41) is 4.83. The predicted octanol–water partition coefficient (Wildman–Crippen LogP) is 4.83. The van der Waals surface area contributed by atoms with Crippen LogP contribution in [0.3, 0.4) is 0 Å². The normalized spacial score (nSPS) is 14.6. The molecule has 1 aliphatic rings. The van der Waals surface area contributed by atoms with E-state index in [4.69, 9.17) is 32.4 Å². The number of rotatable bonds is 3. The van der Waals surface area contributed by atoms with Crippen molar-refractivity contribution >= 4 is 51.5 Å². The molecule has 1 amide bonds. The third kappa shape index (κ3) is 3.51. The van der Waals surface area contributed by atoms with Crippen molar-refractivity contribution in [1.29, 1.82) is 0 Å². The van der Waals surface area contributed by atoms with Gasteiger partial charge in [-0.1, -0.05) is 23.2 Å². The summed E-state index contributed by atoms with van der Waals surface area (Å²) >= 11 is 12.1. The average Bonchev–Trinajstić information content (AvgIpc) is 3.06. The van der Waals surface area contributed by atoms with Gasteiger partial charge in [-0.15, -0.1) is 0 Å². The van der Waals surface area contributed by atoms with E-state index >= 15 is 0 Å². The maximum Gasteiger partial charge on any atom is 0.291 e. The van der Waals surface area contributed by atoms with E-state index < -0.39 is 0 Å². The third-order valence-corrected chi connectivity index (χ3v) is 4.73. The first kappa shape index (κ1) is 17.2. The van der Waals surface area contributed by atoms with E-state index in [1.165, 1.54) is 0 Å². The largest absolute Gasteiger partial charge is 0.451 e. The minimum atomic E-state index is -0.339. The maximum absolute atomic E-state index is 12.7. The quantitative estimate of drug-likeness (QED) is 0.695. The number of halogens is 2. The molecular formula is C19H16Cl2N2O3. The molecule has 1 fully saturated rings. The van der Waals surface area contributed by atoms with Crippen LogP contribution >= 0.6 is 23.2 Å². The van der Waals surface area contributed by atoms with E-state index in [0.717, 1.165) is 24.2 Å². The number of amides is 1. The highest BCUT2D eigenvalue weighted by atomic mass is 35.5. The van der Waals surface area contributed by atoms with E-state index in [0.29, 0.717) is 34.5 Å². The number of hydrogen-bond donors (Lipinski definition) is 1. The lowest BCUT2D eigenvalue weighted by Gasteiger charge is -2.30. The molecule has 3 aromatic rings. The van der Waals surface area contributed by atoms with Gasteiger partial charge < -0.3 is 19.4 Å². The second-order valence-electron chi connectivity index (χ2n) is 6.01. The monoisotopic (exact) mass is 390 g/mol. The van der Waals surface area contributed by atoms with Gasteiger partial charge in [0.15, 0.2) is 5.76 Å². The molecule has 1 saturated heterocycles. The third-order valence-electron chi connectivity index (χ3n) is 4.26. The Kier molecular flexibility index (Phi) is 4.76. The Balaban J connectivity index is 1.62. The van der Waals surface area contributed by atoms with Crippen LogP contribution in [0.25, 0.3) is 11.0 Å². The standard InChI is InChI=1S/C19H16Cl2N2O3/c20-13-2-4-17-12(9-13)10-18(26-17)19(24)22-15-11-14(21)1-3-16(15)23-5-7-25-8-6-23/h1-4,9-11H,5-8H2,(H,22,24). The number of anilines is 2. The minimum Gasteiger partial charge on any atom is -0.451 e. The summed E-state index contributed by atoms with van der Waals surface area (Å²) in [5.74, 6) is -0.121. The van der Waals surface area contributed by atoms with E-state index in [1.807, 2.05) is 12.1 Å². The smallest absolute Gasteiger partial charge is 0.291 e. The summed E-state index contributed by atoms with van der Waals surface area (Å²) in [5.41, 5.74) is 2.16. The molecule has 1 aliphatic heterocycles. The molecule has 1 N–H and O–H groups in total. The van der Waals surface area contributed by atoms with Crippen molar-refractivity contribution in [2.24, 2.45) is 0 Å². The van der Waals surface area contributed by atoms with Gasteiger partial charge >= 0.3 is 0 Å². The molecule has 0 aliphatic carbocycles. The molecule has 4 rings (SSSR count). The lowest BCUT2D eigenvalue weighted by molar-refractivity contribution is 0.0998. The Bertz CT molecular complexity index is 965. The molecule has 2 aromatic carbocycles. The van der Waals surface area contributed by atoms with E-state index in [2.05, 4.69) is 10.2 Å². The van der Waals surface area contributed by atoms with Gasteiger partial charge in [0.05, 0.1) is 24.6 Å². The zero-order valence-electron chi connectivity index (χ0n) is 13.8. The highest BCUT2D eigenvalue weighted by Crippen LogP contribution is 2.31. The zero-order chi connectivity index (χ0) is 18.1. The Morgan fingerprint density at radius 1 is 1.00 bits per heavy atom. The van der Waals surface area contributed by atoms with Crippen molar-refractivity contribution in [2.75, 3.05) is 36.5 Å². The Hall–Kier alpha value is -2.21. The molecule has 26 heavy (non-hydrogen) atoms. The summed E-state index contributed by atoms with van der Waals surface area (Å²) in [6.07, 6.45) is 0. The van der Waals surface area contributed by atoms with Crippen LogP contribution in [0.1, 0.15) is 10.6 Å². The van der Waals surface area contributed by atoms with Crippen molar-refractivity contribution in [3.05, 3.63) is 58.3 Å². The number of carbonyl (C=O) groups is 1. The Morgan fingerprint density at radius 3 is 2.54 bits per heavy atom. The van der Waals surface area contributed by atoms with Crippen LogP contribution in [0.15, 0.2) is 46.9 Å². The number of furan rings is 1. The molecule has 1 aromatic heterocycles. The highest BCUT2D eigenvalue weighted by Gasteiger charge is 2.19. The number of ether oxygens (including phenoxy) is 1. The van der Waals surface area contributed by atoms with Crippen LogP contribution in [0, 0.1) is 0 Å². The Morgan fingerprint density at radius 2 is 1.73 bits per heavy atom. The fraction of sp³-hybridized carbons (Fsp3) is 0.211. The molecule has 134 valence electrons. The number of nitrogens with zero attached hydrogens (tertiary/aromatic N) is 1. The lowest BCUT2D eigenvalue weighted by Crippen LogP contribution is -2.36. The summed E-state index contributed by atoms with van der Waals surface area (Å²) in [6, 6.07) is 12.4. The predicted molar refractivity (Wildman–Crippen MR) is 104 cm³/mol. The molecule has 0 radical (unpaired) electrons. The van der Waals surface area contributed by atoms with Gasteiger partial charge in [-0.05, 0) is 42.5 Å². The average molecular weight is 391 g/mol. The number of hydrogen-bond acceptors (Lipinski definition) is 4. The van der Waals surface area contributed by atoms with Gasteiger partial charge in [-0.25, -0.2) is 0 Å². The second-order valence-corrected chi connectivity index (χ2v) is 6.88. The number of nitrogens with one attached hydrogen (secondary N) is 1. The molecule has 2 heterocycles. The molecule has 0 bridgehead atoms. The van der Waals surface area contributed by atoms with Crippen LogP contribution in [0.4, 0.5) is 11.4 Å². The Labute approximate surface area is 160 Å². The van der Waals surface area contributed by atoms with Crippen molar-refractivity contribution < 1.29 is 13.9 Å². The summed E-state index contributed by atoms with van der Waals surface area (Å²) in [7, 11) is 0. The SMILES string of the molecule is O=C(Nc1cc(Cl)ccc1N1CCOCC1)c1cc2cc(Cl)ccc2o1. The topological polar surface area (TPSA) is 54.7 Å². The second kappa shape index (κ2) is 7.19. The van der Waals surface area contributed by atoms with Crippen LogP contribution in [0.5, 0.6) is 0 Å². The highest BCUT2D eigenvalue weighted by molar-refractivity contribution is 6.31. The first-order chi connectivity index (χ1) is 12.6. The summed E-state index contributed by atoms with van der Waals surface area (Å²) < 4.78 is 11.0. The molecule has 7 heteroatoms. The first-order valence-electron chi connectivity index (χ1n) is 8.23. The van der Waals surface area contributed by atoms with Crippen molar-refractivity contribution in [1.82, 2.24) is 0 Å². The lowest BCUT2D eigenvalue weighted by atomic mass is 10.2. The summed E-state index contributed by atoms with van der Waals surface area (Å²) in [6.45, 7) is 2.82. The van der Waals surface area contributed by atoms with Gasteiger partial charge in [0, 0.05) is 28.5 Å². The van der Waals surface area contributed by atoms with Crippen LogP contribution in [0.2, 0.25) is 10.0 Å². The van der Waals surface area contributed by atoms with Crippen LogP contribution in [-0.4, -0.2) is 32.2 Å². The minimum absolute atomic E-state index is 0.218. The number of morpholine rings is 1. The fourth-order valence-electron chi connectivity index (χ4n) is 3.00. The van der Waals surface area contributed by atoms with Crippen molar-refractivity contribution in [3.8, 4) is 0 Å². The zero-order valence-corrected chi connectivity index (χ0v) is 15.3. The molecule has 0 atom stereocenters. The van der Waals surface area contributed by atoms with Gasteiger partial charge in [-0.2, -0.15) is 0 Å². The van der Waals surface area contributed by atoms with E-state index in [1.54, 1.807) is 30.3 Å². The molecule has 5 nitrogen and oxygen atoms in total. The fourth-order valence-corrected chi connectivity index (χ4v) is 3.35. The van der Waals surface area contributed by atoms with E-state index in [-0.39, 0.29) is 11.7 Å². The molecule has 0 saturated carbocycles. The first-order valence-corrected chi connectivity index (χ1v) is 8.98. The number of benzene rings is 2. The van der Waals surface area contributed by atoms with Crippen molar-refractivity contribution in [2.45, 2.75) is 0 Å². The summed E-state index contributed by atoms with van der Waals surface area (Å²) in [4.78, 5) is 14.9. The van der Waals surface area contributed by atoms with Crippen molar-refractivity contribution in [3.63, 3.8) is 0 Å². The van der Waals surface area contributed by atoms with E-state index in [9.17, 15) is 4.79 Å². The van der Waals surface area contributed by atoms with Gasteiger partial charge in [0.25, 0.3) is 5.91 Å². The van der Waals surface area contributed by atoms with Crippen LogP contribution in [-0.2, 0) is 4.74 Å². The molecular weight excluding hydrogens is 375 g/mol. The number of carbonyl (C=O) groups excluding carboxylic acids is 1. The van der Waals surface area contributed by atoms with Gasteiger partial charge in [0.1, 0.15) is 5.58 Å².